The van der Waals surface area contributed by atoms with Gasteiger partial charge in [0.1, 0.15) is 5.82 Å². The number of likely N-dealkylation sites (tertiary alicyclic amines) is 1. The van der Waals surface area contributed by atoms with Gasteiger partial charge in [0.25, 0.3) is 0 Å². The van der Waals surface area contributed by atoms with Crippen LogP contribution in [0.25, 0.3) is 0 Å². The summed E-state index contributed by atoms with van der Waals surface area (Å²) in [7, 11) is 1.66. The van der Waals surface area contributed by atoms with Crippen LogP contribution in [0.2, 0.25) is 0 Å². The average Bonchev–Trinajstić information content (AvgIpc) is 3.34. The highest BCUT2D eigenvalue weighted by Gasteiger charge is 2.36. The predicted octanol–water partition coefficient (Wildman–Crippen LogP) is 4.23. The van der Waals surface area contributed by atoms with E-state index in [2.05, 4.69) is 22.4 Å². The molecule has 0 spiro atoms. The number of ether oxygens (including phenoxy) is 1. The number of halogens is 1. The fourth-order valence-electron chi connectivity index (χ4n) is 4.15. The summed E-state index contributed by atoms with van der Waals surface area (Å²) in [5, 5.41) is 2.10. The van der Waals surface area contributed by atoms with Crippen LogP contribution in [0.4, 0.5) is 4.39 Å². The number of nitrogens with zero attached hydrogens (tertiary/aromatic N) is 2. The van der Waals surface area contributed by atoms with Crippen molar-refractivity contribution in [1.29, 1.82) is 0 Å². The van der Waals surface area contributed by atoms with E-state index < -0.39 is 0 Å². The van der Waals surface area contributed by atoms with Crippen molar-refractivity contribution in [2.75, 3.05) is 39.9 Å². The highest BCUT2D eigenvalue weighted by atomic mass is 32.1. The number of amides is 1. The molecule has 1 amide bonds. The van der Waals surface area contributed by atoms with Crippen molar-refractivity contribution in [3.63, 3.8) is 0 Å². The third kappa shape index (κ3) is 5.87. The van der Waals surface area contributed by atoms with E-state index in [1.807, 2.05) is 24.8 Å². The van der Waals surface area contributed by atoms with Crippen LogP contribution in [0.3, 0.4) is 0 Å². The van der Waals surface area contributed by atoms with E-state index >= 15 is 0 Å². The molecule has 2 aromatic rings. The van der Waals surface area contributed by atoms with Crippen molar-refractivity contribution in [2.45, 2.75) is 26.3 Å². The van der Waals surface area contributed by atoms with Gasteiger partial charge in [0.2, 0.25) is 5.91 Å². The Morgan fingerprint density at radius 3 is 2.79 bits per heavy atom. The maximum Gasteiger partial charge on any atom is 0.225 e. The molecule has 1 saturated heterocycles. The molecule has 158 valence electrons. The summed E-state index contributed by atoms with van der Waals surface area (Å²) >= 11 is 1.76. The fraction of sp³-hybridized carbons (Fsp3) is 0.522. The zero-order valence-corrected chi connectivity index (χ0v) is 18.3. The Kier molecular flexibility index (Phi) is 7.81. The Bertz CT molecular complexity index is 781. The molecule has 0 saturated carbocycles. The lowest BCUT2D eigenvalue weighted by Gasteiger charge is -2.29. The normalized spacial score (nSPS) is 19.8. The number of benzene rings is 1. The molecule has 1 aliphatic heterocycles. The first-order valence-electron chi connectivity index (χ1n) is 10.3. The molecule has 6 heteroatoms. The Hall–Kier alpha value is -1.76. The zero-order valence-electron chi connectivity index (χ0n) is 17.5. The second kappa shape index (κ2) is 10.3. The number of thiophene rings is 1. The summed E-state index contributed by atoms with van der Waals surface area (Å²) in [4.78, 5) is 18.5. The Balaban J connectivity index is 1.79. The molecule has 0 bridgehead atoms. The molecule has 2 heterocycles. The average molecular weight is 419 g/mol. The standard InChI is InChI=1S/C23H31FN2O2S/c1-17(2)23(27)26(9-10-28-3)14-19-13-25(15-21-8-5-11-29-21)16-22(19)18-6-4-7-20(24)12-18/h4-8,11-12,17,19,22H,9-10,13-16H2,1-3H3/t19-,22-/m0/s1. The van der Waals surface area contributed by atoms with Gasteiger partial charge in [0, 0.05) is 56.5 Å². The maximum absolute atomic E-state index is 13.9. The van der Waals surface area contributed by atoms with Crippen LogP contribution in [-0.4, -0.2) is 55.6 Å². The van der Waals surface area contributed by atoms with Crippen molar-refractivity contribution in [3.8, 4) is 0 Å². The molecule has 29 heavy (non-hydrogen) atoms. The van der Waals surface area contributed by atoms with Gasteiger partial charge >= 0.3 is 0 Å². The molecule has 0 unspecified atom stereocenters. The van der Waals surface area contributed by atoms with Crippen molar-refractivity contribution in [1.82, 2.24) is 9.80 Å². The van der Waals surface area contributed by atoms with Crippen molar-refractivity contribution >= 4 is 17.2 Å². The van der Waals surface area contributed by atoms with Crippen LogP contribution in [0, 0.1) is 17.7 Å². The molecule has 4 nitrogen and oxygen atoms in total. The van der Waals surface area contributed by atoms with Crippen molar-refractivity contribution in [3.05, 3.63) is 58.0 Å². The van der Waals surface area contributed by atoms with E-state index in [0.717, 1.165) is 25.2 Å². The second-order valence-electron chi connectivity index (χ2n) is 8.13. The van der Waals surface area contributed by atoms with Crippen molar-refractivity contribution < 1.29 is 13.9 Å². The number of hydrogen-bond acceptors (Lipinski definition) is 4. The SMILES string of the molecule is COCCN(C[C@@H]1CN(Cc2cccs2)C[C@H]1c1cccc(F)c1)C(=O)C(C)C. The second-order valence-corrected chi connectivity index (χ2v) is 9.16. The molecule has 0 radical (unpaired) electrons. The topological polar surface area (TPSA) is 32.8 Å². The van der Waals surface area contributed by atoms with Gasteiger partial charge in [-0.25, -0.2) is 4.39 Å². The minimum absolute atomic E-state index is 0.0527. The third-order valence-corrected chi connectivity index (χ3v) is 6.44. The van der Waals surface area contributed by atoms with Gasteiger partial charge in [0.05, 0.1) is 6.61 Å². The van der Waals surface area contributed by atoms with Crippen LogP contribution >= 0.6 is 11.3 Å². The van der Waals surface area contributed by atoms with Gasteiger partial charge in [-0.3, -0.25) is 9.69 Å². The predicted molar refractivity (Wildman–Crippen MR) is 116 cm³/mol. The third-order valence-electron chi connectivity index (χ3n) is 5.58. The van der Waals surface area contributed by atoms with E-state index in [-0.39, 0.29) is 29.5 Å². The Morgan fingerprint density at radius 2 is 2.14 bits per heavy atom. The summed E-state index contributed by atoms with van der Waals surface area (Å²) in [6, 6.07) is 11.2. The smallest absolute Gasteiger partial charge is 0.225 e. The van der Waals surface area contributed by atoms with Gasteiger partial charge in [0.15, 0.2) is 0 Å². The van der Waals surface area contributed by atoms with Gasteiger partial charge in [-0.2, -0.15) is 0 Å². The first kappa shape index (κ1) is 21.9. The van der Waals surface area contributed by atoms with Crippen molar-refractivity contribution in [2.24, 2.45) is 11.8 Å². The molecule has 1 aromatic heterocycles. The number of carbonyl (C=O) groups excluding carboxylic acids is 1. The lowest BCUT2D eigenvalue weighted by atomic mass is 9.88. The molecule has 0 aliphatic carbocycles. The van der Waals surface area contributed by atoms with E-state index in [1.165, 1.54) is 10.9 Å². The zero-order chi connectivity index (χ0) is 20.8. The van der Waals surface area contributed by atoms with Gasteiger partial charge in [-0.05, 0) is 35.1 Å². The first-order valence-corrected chi connectivity index (χ1v) is 11.1. The number of carbonyl (C=O) groups is 1. The summed E-state index contributed by atoms with van der Waals surface area (Å²) in [5.41, 5.74) is 1.02. The molecule has 2 atom stereocenters. The van der Waals surface area contributed by atoms with Crippen LogP contribution in [0.5, 0.6) is 0 Å². The van der Waals surface area contributed by atoms with Gasteiger partial charge in [-0.15, -0.1) is 11.3 Å². The maximum atomic E-state index is 13.9. The molecule has 1 fully saturated rings. The molecule has 1 aliphatic rings. The monoisotopic (exact) mass is 418 g/mol. The van der Waals surface area contributed by atoms with E-state index in [0.29, 0.717) is 19.7 Å². The number of rotatable bonds is 9. The van der Waals surface area contributed by atoms with Crippen LogP contribution < -0.4 is 0 Å². The lowest BCUT2D eigenvalue weighted by Crippen LogP contribution is -2.41. The number of hydrogen-bond donors (Lipinski definition) is 0. The van der Waals surface area contributed by atoms with Gasteiger partial charge < -0.3 is 9.64 Å². The minimum atomic E-state index is -0.201. The largest absolute Gasteiger partial charge is 0.383 e. The Morgan fingerprint density at radius 1 is 1.31 bits per heavy atom. The highest BCUT2D eigenvalue weighted by molar-refractivity contribution is 7.09. The quantitative estimate of drug-likeness (QED) is 0.611. The Labute approximate surface area is 177 Å². The van der Waals surface area contributed by atoms with Crippen LogP contribution in [0.1, 0.15) is 30.2 Å². The van der Waals surface area contributed by atoms with Gasteiger partial charge in [-0.1, -0.05) is 32.0 Å². The van der Waals surface area contributed by atoms with E-state index in [1.54, 1.807) is 30.6 Å². The van der Waals surface area contributed by atoms with Crippen LogP contribution in [0.15, 0.2) is 41.8 Å². The molecule has 1 aromatic carbocycles. The van der Waals surface area contributed by atoms with Crippen LogP contribution in [-0.2, 0) is 16.1 Å². The summed E-state index contributed by atoms with van der Waals surface area (Å²) in [5.74, 6) is 0.360. The lowest BCUT2D eigenvalue weighted by molar-refractivity contribution is -0.135. The number of methoxy groups -OCH3 is 1. The first-order chi connectivity index (χ1) is 14.0. The molecule has 0 N–H and O–H groups in total. The highest BCUT2D eigenvalue weighted by Crippen LogP contribution is 2.35. The van der Waals surface area contributed by atoms with E-state index in [9.17, 15) is 9.18 Å². The summed E-state index contributed by atoms with van der Waals surface area (Å²) in [6.07, 6.45) is 0. The van der Waals surface area contributed by atoms with E-state index in [4.69, 9.17) is 4.74 Å². The molecule has 3 rings (SSSR count). The summed E-state index contributed by atoms with van der Waals surface area (Å²) < 4.78 is 19.2. The fourth-order valence-corrected chi connectivity index (χ4v) is 4.90. The summed E-state index contributed by atoms with van der Waals surface area (Å²) in [6.45, 7) is 8.32. The molecular weight excluding hydrogens is 387 g/mol. The minimum Gasteiger partial charge on any atom is -0.383 e. The molecular formula is C23H31FN2O2S.